The topological polar surface area (TPSA) is 52.7 Å². The first-order valence-corrected chi connectivity index (χ1v) is 12.4. The summed E-state index contributed by atoms with van der Waals surface area (Å²) in [5.41, 5.74) is 4.03. The minimum absolute atomic E-state index is 0.0850. The normalized spacial score (nSPS) is 18.5. The van der Waals surface area contributed by atoms with Crippen molar-refractivity contribution in [3.05, 3.63) is 65.2 Å². The zero-order chi connectivity index (χ0) is 23.4. The number of anilines is 1. The summed E-state index contributed by atoms with van der Waals surface area (Å²) in [6, 6.07) is 15.9. The van der Waals surface area contributed by atoms with Crippen LogP contribution in [0.25, 0.3) is 0 Å². The van der Waals surface area contributed by atoms with Crippen molar-refractivity contribution in [1.29, 1.82) is 0 Å². The van der Waals surface area contributed by atoms with E-state index in [4.69, 9.17) is 0 Å². The fourth-order valence-electron chi connectivity index (χ4n) is 5.20. The maximum absolute atomic E-state index is 13.5. The van der Waals surface area contributed by atoms with Gasteiger partial charge in [-0.1, -0.05) is 56.5 Å². The molecule has 5 heteroatoms. The molecule has 4 rings (SSSR count). The van der Waals surface area contributed by atoms with E-state index in [2.05, 4.69) is 36.2 Å². The van der Waals surface area contributed by atoms with Gasteiger partial charge in [-0.15, -0.1) is 0 Å². The molecule has 1 saturated carbocycles. The van der Waals surface area contributed by atoms with Crippen molar-refractivity contribution in [3.63, 3.8) is 0 Å². The molecular formula is C28H37N3O2. The number of amides is 2. The number of hydrogen-bond acceptors (Lipinski definition) is 3. The maximum Gasteiger partial charge on any atom is 0.253 e. The molecular weight excluding hydrogens is 410 g/mol. The molecule has 0 bridgehead atoms. The molecule has 1 saturated heterocycles. The van der Waals surface area contributed by atoms with Crippen molar-refractivity contribution >= 4 is 17.5 Å². The lowest BCUT2D eigenvalue weighted by molar-refractivity contribution is -0.123. The highest BCUT2D eigenvalue weighted by Crippen LogP contribution is 2.32. The van der Waals surface area contributed by atoms with Crippen LogP contribution in [0.3, 0.4) is 0 Å². The minimum atomic E-state index is -0.131. The van der Waals surface area contributed by atoms with E-state index in [9.17, 15) is 9.59 Å². The smallest absolute Gasteiger partial charge is 0.253 e. The third-order valence-electron chi connectivity index (χ3n) is 7.25. The molecule has 5 nitrogen and oxygen atoms in total. The summed E-state index contributed by atoms with van der Waals surface area (Å²) in [6.45, 7) is 9.16. The van der Waals surface area contributed by atoms with E-state index in [1.165, 1.54) is 18.4 Å². The lowest BCUT2D eigenvalue weighted by atomic mass is 9.94. The van der Waals surface area contributed by atoms with Crippen molar-refractivity contribution in [2.75, 3.05) is 31.5 Å². The Balaban J connectivity index is 1.41. The van der Waals surface area contributed by atoms with Gasteiger partial charge in [0.1, 0.15) is 0 Å². The number of carbonyl (C=O) groups excluding carboxylic acids is 2. The Hall–Kier alpha value is -2.66. The van der Waals surface area contributed by atoms with Crippen LogP contribution in [0, 0.1) is 12.8 Å². The number of carbonyl (C=O) groups is 2. The van der Waals surface area contributed by atoms with Gasteiger partial charge in [-0.3, -0.25) is 14.5 Å². The van der Waals surface area contributed by atoms with Crippen molar-refractivity contribution < 1.29 is 9.59 Å². The summed E-state index contributed by atoms with van der Waals surface area (Å²) in [5, 5.41) is 3.19. The molecule has 2 fully saturated rings. The van der Waals surface area contributed by atoms with E-state index in [-0.39, 0.29) is 17.9 Å². The molecule has 0 aromatic heterocycles. The second kappa shape index (κ2) is 10.5. The standard InChI is InChI=1S/C28H37N3O2/c1-20(2)22-12-14-25(15-13-22)29-27(32)26(23-6-4-5-7-23)30-16-18-31(19-17-30)28(33)24-10-8-21(3)9-11-24/h8-15,20,23,26H,4-7,16-19H2,1-3H3,(H,29,32)/t26-/m1/s1. The number of aryl methyl sites for hydroxylation is 1. The number of benzene rings is 2. The highest BCUT2D eigenvalue weighted by molar-refractivity contribution is 5.95. The van der Waals surface area contributed by atoms with E-state index in [0.29, 0.717) is 24.9 Å². The van der Waals surface area contributed by atoms with Crippen LogP contribution in [0.2, 0.25) is 0 Å². The third kappa shape index (κ3) is 5.64. The molecule has 1 aliphatic carbocycles. The fraction of sp³-hybridized carbons (Fsp3) is 0.500. The average Bonchev–Trinajstić information content (AvgIpc) is 3.34. The van der Waals surface area contributed by atoms with Crippen LogP contribution in [0.1, 0.15) is 66.9 Å². The van der Waals surface area contributed by atoms with Gasteiger partial charge in [0.05, 0.1) is 6.04 Å². The van der Waals surface area contributed by atoms with Gasteiger partial charge in [-0.2, -0.15) is 0 Å². The zero-order valence-electron chi connectivity index (χ0n) is 20.2. The first-order chi connectivity index (χ1) is 15.9. The summed E-state index contributed by atoms with van der Waals surface area (Å²) >= 11 is 0. The SMILES string of the molecule is Cc1ccc(C(=O)N2CCN([C@@H](C(=O)Nc3ccc(C(C)C)cc3)C3CCCC3)CC2)cc1. The summed E-state index contributed by atoms with van der Waals surface area (Å²) < 4.78 is 0. The highest BCUT2D eigenvalue weighted by Gasteiger charge is 2.37. The Morgan fingerprint density at radius 2 is 1.48 bits per heavy atom. The first-order valence-electron chi connectivity index (χ1n) is 12.4. The number of nitrogens with one attached hydrogen (secondary N) is 1. The van der Waals surface area contributed by atoms with Gasteiger partial charge >= 0.3 is 0 Å². The van der Waals surface area contributed by atoms with E-state index in [0.717, 1.165) is 42.7 Å². The number of nitrogens with zero attached hydrogens (tertiary/aromatic N) is 2. The van der Waals surface area contributed by atoms with Crippen molar-refractivity contribution in [2.24, 2.45) is 5.92 Å². The number of rotatable bonds is 6. The Bertz CT molecular complexity index is 938. The summed E-state index contributed by atoms with van der Waals surface area (Å²) in [6.07, 6.45) is 4.60. The molecule has 2 amide bonds. The lowest BCUT2D eigenvalue weighted by Gasteiger charge is -2.40. The Labute approximate surface area is 198 Å². The Morgan fingerprint density at radius 3 is 2.06 bits per heavy atom. The Morgan fingerprint density at radius 1 is 0.879 bits per heavy atom. The van der Waals surface area contributed by atoms with E-state index in [1.54, 1.807) is 0 Å². The Kier molecular flexibility index (Phi) is 7.49. The lowest BCUT2D eigenvalue weighted by Crippen LogP contribution is -2.56. The molecule has 2 aromatic carbocycles. The predicted molar refractivity (Wildman–Crippen MR) is 134 cm³/mol. The molecule has 1 aliphatic heterocycles. The highest BCUT2D eigenvalue weighted by atomic mass is 16.2. The molecule has 0 spiro atoms. The maximum atomic E-state index is 13.5. The van der Waals surface area contributed by atoms with Crippen LogP contribution >= 0.6 is 0 Å². The number of hydrogen-bond donors (Lipinski definition) is 1. The van der Waals surface area contributed by atoms with Crippen LogP contribution < -0.4 is 5.32 Å². The van der Waals surface area contributed by atoms with E-state index < -0.39 is 0 Å². The van der Waals surface area contributed by atoms with E-state index >= 15 is 0 Å². The third-order valence-corrected chi connectivity index (χ3v) is 7.25. The molecule has 1 heterocycles. The molecule has 33 heavy (non-hydrogen) atoms. The fourth-order valence-corrected chi connectivity index (χ4v) is 5.20. The van der Waals surface area contributed by atoms with Crippen LogP contribution in [0.4, 0.5) is 5.69 Å². The molecule has 1 N–H and O–H groups in total. The van der Waals surface area contributed by atoms with Gasteiger partial charge in [0, 0.05) is 37.4 Å². The second-order valence-corrected chi connectivity index (χ2v) is 9.95. The van der Waals surface area contributed by atoms with Gasteiger partial charge in [0.15, 0.2) is 0 Å². The molecule has 1 atom stereocenters. The van der Waals surface area contributed by atoms with Crippen LogP contribution in [-0.2, 0) is 4.79 Å². The van der Waals surface area contributed by atoms with Crippen LogP contribution in [-0.4, -0.2) is 53.8 Å². The summed E-state index contributed by atoms with van der Waals surface area (Å²) in [7, 11) is 0. The van der Waals surface area contributed by atoms with Crippen molar-refractivity contribution in [2.45, 2.75) is 58.4 Å². The van der Waals surface area contributed by atoms with Gasteiger partial charge in [-0.05, 0) is 61.4 Å². The molecule has 2 aliphatic rings. The zero-order valence-corrected chi connectivity index (χ0v) is 20.2. The first kappa shape index (κ1) is 23.5. The van der Waals surface area contributed by atoms with Crippen LogP contribution in [0.5, 0.6) is 0 Å². The largest absolute Gasteiger partial charge is 0.336 e. The quantitative estimate of drug-likeness (QED) is 0.672. The van der Waals surface area contributed by atoms with E-state index in [1.807, 2.05) is 48.2 Å². The molecule has 0 radical (unpaired) electrons. The van der Waals surface area contributed by atoms with Gasteiger partial charge in [-0.25, -0.2) is 0 Å². The van der Waals surface area contributed by atoms with Crippen molar-refractivity contribution in [3.8, 4) is 0 Å². The minimum Gasteiger partial charge on any atom is -0.336 e. The summed E-state index contributed by atoms with van der Waals surface area (Å²) in [4.78, 5) is 30.6. The predicted octanol–water partition coefficient (Wildman–Crippen LogP) is 5.07. The molecule has 2 aromatic rings. The number of piperazine rings is 1. The van der Waals surface area contributed by atoms with Crippen LogP contribution in [0.15, 0.2) is 48.5 Å². The van der Waals surface area contributed by atoms with Gasteiger partial charge in [0.2, 0.25) is 5.91 Å². The van der Waals surface area contributed by atoms with Gasteiger partial charge < -0.3 is 10.2 Å². The average molecular weight is 448 g/mol. The molecule has 0 unspecified atom stereocenters. The van der Waals surface area contributed by atoms with Crippen molar-refractivity contribution in [1.82, 2.24) is 9.80 Å². The van der Waals surface area contributed by atoms with Gasteiger partial charge in [0.25, 0.3) is 5.91 Å². The second-order valence-electron chi connectivity index (χ2n) is 9.95. The molecule has 176 valence electrons. The monoisotopic (exact) mass is 447 g/mol. The summed E-state index contributed by atoms with van der Waals surface area (Å²) in [5.74, 6) is 1.04.